The molecule has 0 spiro atoms. The fourth-order valence-corrected chi connectivity index (χ4v) is 14.8. The van der Waals surface area contributed by atoms with E-state index >= 15 is 0 Å². The number of furan rings is 2. The van der Waals surface area contributed by atoms with Crippen LogP contribution >= 0.6 is 0 Å². The summed E-state index contributed by atoms with van der Waals surface area (Å²) < 4.78 is 14.5. The van der Waals surface area contributed by atoms with E-state index in [1.165, 1.54) is 5.56 Å². The van der Waals surface area contributed by atoms with Crippen molar-refractivity contribution < 1.29 is 8.83 Å². The molecular weight excluding hydrogens is 1170 g/mol. The Labute approximate surface area is 556 Å². The molecule has 0 bridgehead atoms. The van der Waals surface area contributed by atoms with Gasteiger partial charge in [0.2, 0.25) is 0 Å². The number of fused-ring (bicyclic) bond motifs is 14. The minimum absolute atomic E-state index is 0.817. The SMILES string of the molecule is Cc1ccccc1N(c1ccc(-c2cccc(N(c3ccccc3)c3cc4oc5c6ccccc6c(N(c6ccccc6)c6ccccc6)cc5c4c4ccccc34)c2)cc1)c1cc2c(oc3cc(N(c4ccccc4)c4ccccc4C)c4ccccc4c32)c2ccccc12. The first-order valence-corrected chi connectivity index (χ1v) is 32.8. The van der Waals surface area contributed by atoms with E-state index < -0.39 is 0 Å². The lowest BCUT2D eigenvalue weighted by Gasteiger charge is -2.29. The van der Waals surface area contributed by atoms with Crippen LogP contribution in [0.5, 0.6) is 0 Å². The van der Waals surface area contributed by atoms with E-state index in [4.69, 9.17) is 8.83 Å². The predicted octanol–water partition coefficient (Wildman–Crippen LogP) is 26.3. The Balaban J connectivity index is 0.771. The van der Waals surface area contributed by atoms with E-state index in [1.54, 1.807) is 0 Å². The van der Waals surface area contributed by atoms with Gasteiger partial charge in [0.25, 0.3) is 0 Å². The Morgan fingerprint density at radius 2 is 0.510 bits per heavy atom. The van der Waals surface area contributed by atoms with Crippen LogP contribution < -0.4 is 19.6 Å². The molecule has 0 saturated heterocycles. The monoisotopic (exact) mass is 1230 g/mol. The molecule has 2 heterocycles. The van der Waals surface area contributed by atoms with Gasteiger partial charge in [-0.2, -0.15) is 0 Å². The molecule has 0 radical (unpaired) electrons. The number of hydrogen-bond donors (Lipinski definition) is 0. The number of aryl methyl sites for hydroxylation is 2. The van der Waals surface area contributed by atoms with Crippen molar-refractivity contribution >= 4 is 155 Å². The third kappa shape index (κ3) is 9.33. The quantitative estimate of drug-likeness (QED) is 0.115. The zero-order chi connectivity index (χ0) is 63.8. The van der Waals surface area contributed by atoms with E-state index in [9.17, 15) is 0 Å². The molecule has 16 aromatic carbocycles. The molecule has 0 aliphatic rings. The zero-order valence-corrected chi connectivity index (χ0v) is 52.9. The highest BCUT2D eigenvalue weighted by molar-refractivity contribution is 6.29. The van der Waals surface area contributed by atoms with Crippen LogP contribution in [0.15, 0.2) is 349 Å². The summed E-state index contributed by atoms with van der Waals surface area (Å²) >= 11 is 0. The average Bonchev–Trinajstić information content (AvgIpc) is 1.53. The fraction of sp³-hybridized carbons (Fsp3) is 0.0222. The number of nitrogens with zero attached hydrogens (tertiary/aromatic N) is 4. The van der Waals surface area contributed by atoms with E-state index in [0.717, 1.165) is 172 Å². The first kappa shape index (κ1) is 56.1. The second-order valence-electron chi connectivity index (χ2n) is 24.8. The van der Waals surface area contributed by atoms with Gasteiger partial charge in [-0.15, -0.1) is 0 Å². The highest BCUT2D eigenvalue weighted by Gasteiger charge is 2.28. The lowest BCUT2D eigenvalue weighted by atomic mass is 9.97. The second-order valence-corrected chi connectivity index (χ2v) is 24.8. The molecule has 0 aliphatic heterocycles. The Hall–Kier alpha value is -12.6. The summed E-state index contributed by atoms with van der Waals surface area (Å²) in [7, 11) is 0. The van der Waals surface area contributed by atoms with Gasteiger partial charge in [-0.25, -0.2) is 0 Å². The van der Waals surface area contributed by atoms with Crippen LogP contribution in [0.25, 0.3) is 98.1 Å². The van der Waals surface area contributed by atoms with Gasteiger partial charge in [0, 0.05) is 111 Å². The van der Waals surface area contributed by atoms with Crippen LogP contribution in [0.3, 0.4) is 0 Å². The van der Waals surface area contributed by atoms with Gasteiger partial charge in [-0.1, -0.05) is 231 Å². The van der Waals surface area contributed by atoms with E-state index in [0.29, 0.717) is 0 Å². The average molecular weight is 1230 g/mol. The summed E-state index contributed by atoms with van der Waals surface area (Å²) in [6, 6.07) is 122. The molecule has 2 aromatic heterocycles. The Bertz CT molecular complexity index is 5970. The van der Waals surface area contributed by atoms with E-state index in [1.807, 2.05) is 0 Å². The number of rotatable bonds is 13. The van der Waals surface area contributed by atoms with Crippen LogP contribution in [-0.2, 0) is 0 Å². The zero-order valence-electron chi connectivity index (χ0n) is 52.9. The van der Waals surface area contributed by atoms with Crippen LogP contribution in [-0.4, -0.2) is 0 Å². The molecule has 0 saturated carbocycles. The molecule has 0 N–H and O–H groups in total. The lowest BCUT2D eigenvalue weighted by molar-refractivity contribution is 0.672. The standard InChI is InChI=1S/C90H62N4O2/c1-59-28-15-25-48-79(59)93(66-37-13-6-14-38-66)84-58-86-88(74-45-22-18-41-70(74)84)78-56-82(72-43-20-24-47-76(72)90(78)96-86)94(80-49-26-16-29-60(80)2)67-52-50-61(51-53-67)62-30-27-39-68(54-62)92(65-35-11-5-12-36-65)83-57-85-87(73-44-21-17-40-69(73)83)77-55-81(71-42-19-23-46-75(71)89(77)95-85)91(63-31-7-3-8-32-63)64-33-9-4-10-34-64/h3-58H,1-2H3. The van der Waals surface area contributed by atoms with Crippen molar-refractivity contribution in [1.82, 2.24) is 0 Å². The van der Waals surface area contributed by atoms with Gasteiger partial charge in [-0.3, -0.25) is 0 Å². The fourth-order valence-electron chi connectivity index (χ4n) is 14.8. The summed E-state index contributed by atoms with van der Waals surface area (Å²) in [6.45, 7) is 4.39. The third-order valence-electron chi connectivity index (χ3n) is 19.2. The van der Waals surface area contributed by atoms with Gasteiger partial charge in [0.05, 0.1) is 22.7 Å². The highest BCUT2D eigenvalue weighted by atomic mass is 16.3. The molecule has 0 atom stereocenters. The number of anilines is 12. The van der Waals surface area contributed by atoms with Gasteiger partial charge < -0.3 is 28.4 Å². The molecule has 96 heavy (non-hydrogen) atoms. The first-order valence-electron chi connectivity index (χ1n) is 32.8. The van der Waals surface area contributed by atoms with E-state index in [2.05, 4.69) is 373 Å². The molecule has 0 unspecified atom stereocenters. The highest BCUT2D eigenvalue weighted by Crippen LogP contribution is 2.52. The minimum atomic E-state index is 0.817. The molecule has 18 aromatic rings. The second kappa shape index (κ2) is 23.2. The Morgan fingerprint density at radius 1 is 0.198 bits per heavy atom. The van der Waals surface area contributed by atoms with Crippen molar-refractivity contribution in [3.05, 3.63) is 351 Å². The predicted molar refractivity (Wildman–Crippen MR) is 405 cm³/mol. The van der Waals surface area contributed by atoms with Crippen LogP contribution in [0, 0.1) is 13.8 Å². The van der Waals surface area contributed by atoms with E-state index in [-0.39, 0.29) is 0 Å². The van der Waals surface area contributed by atoms with Crippen LogP contribution in [0.2, 0.25) is 0 Å². The molecule has 6 heteroatoms. The Morgan fingerprint density at radius 3 is 0.948 bits per heavy atom. The molecule has 454 valence electrons. The smallest absolute Gasteiger partial charge is 0.143 e. The third-order valence-corrected chi connectivity index (χ3v) is 19.2. The van der Waals surface area contributed by atoms with Gasteiger partial charge in [-0.05, 0) is 144 Å². The number of benzene rings is 16. The van der Waals surface area contributed by atoms with Crippen molar-refractivity contribution in [3.63, 3.8) is 0 Å². The molecule has 0 amide bonds. The summed E-state index contributed by atoms with van der Waals surface area (Å²) in [4.78, 5) is 9.56. The molecular formula is C90H62N4O2. The first-order chi connectivity index (χ1) is 47.5. The van der Waals surface area contributed by atoms with Crippen molar-refractivity contribution in [1.29, 1.82) is 0 Å². The van der Waals surface area contributed by atoms with Crippen LogP contribution in [0.4, 0.5) is 68.2 Å². The molecule has 0 aliphatic carbocycles. The van der Waals surface area contributed by atoms with Gasteiger partial charge >= 0.3 is 0 Å². The summed E-state index contributed by atoms with van der Waals surface area (Å²) in [6.07, 6.45) is 0. The van der Waals surface area contributed by atoms with Crippen molar-refractivity contribution in [2.45, 2.75) is 13.8 Å². The molecule has 18 rings (SSSR count). The normalized spacial score (nSPS) is 11.6. The maximum Gasteiger partial charge on any atom is 0.143 e. The minimum Gasteiger partial charge on any atom is -0.455 e. The molecule has 0 fully saturated rings. The lowest BCUT2D eigenvalue weighted by Crippen LogP contribution is -2.12. The van der Waals surface area contributed by atoms with Crippen molar-refractivity contribution in [2.24, 2.45) is 0 Å². The topological polar surface area (TPSA) is 39.2 Å². The molecule has 6 nitrogen and oxygen atoms in total. The Kier molecular flexibility index (Phi) is 13.6. The largest absolute Gasteiger partial charge is 0.455 e. The van der Waals surface area contributed by atoms with Gasteiger partial charge in [0.1, 0.15) is 22.3 Å². The van der Waals surface area contributed by atoms with Crippen molar-refractivity contribution in [2.75, 3.05) is 19.6 Å². The maximum atomic E-state index is 7.24. The van der Waals surface area contributed by atoms with Gasteiger partial charge in [0.15, 0.2) is 0 Å². The summed E-state index contributed by atoms with van der Waals surface area (Å²) in [5, 5.41) is 13.1. The number of para-hydroxylation sites is 6. The van der Waals surface area contributed by atoms with Crippen LogP contribution in [0.1, 0.15) is 11.1 Å². The maximum absolute atomic E-state index is 7.24. The summed E-state index contributed by atoms with van der Waals surface area (Å²) in [5.74, 6) is 0. The van der Waals surface area contributed by atoms with Crippen molar-refractivity contribution in [3.8, 4) is 11.1 Å². The summed E-state index contributed by atoms with van der Waals surface area (Å²) in [5.41, 5.74) is 20.6. The number of hydrogen-bond acceptors (Lipinski definition) is 6.